The van der Waals surface area contributed by atoms with Gasteiger partial charge in [0.15, 0.2) is 0 Å². The summed E-state index contributed by atoms with van der Waals surface area (Å²) in [5.41, 5.74) is 2.74. The van der Waals surface area contributed by atoms with Crippen LogP contribution in [0.3, 0.4) is 0 Å². The number of amides is 4. The fourth-order valence-electron chi connectivity index (χ4n) is 2.68. The van der Waals surface area contributed by atoms with Gasteiger partial charge in [-0.3, -0.25) is 14.5 Å². The zero-order valence-electron chi connectivity index (χ0n) is 14.2. The summed E-state index contributed by atoms with van der Waals surface area (Å²) in [6.45, 7) is 3.66. The molecular formula is C17H23N3O3S. The topological polar surface area (TPSA) is 78.5 Å². The first-order valence-electron chi connectivity index (χ1n) is 7.97. The van der Waals surface area contributed by atoms with Gasteiger partial charge in [0, 0.05) is 5.69 Å². The summed E-state index contributed by atoms with van der Waals surface area (Å²) in [7, 11) is 0. The van der Waals surface area contributed by atoms with Crippen molar-refractivity contribution in [3.8, 4) is 0 Å². The first kappa shape index (κ1) is 18.3. The van der Waals surface area contributed by atoms with Crippen LogP contribution in [0.25, 0.3) is 0 Å². The Balaban J connectivity index is 2.03. The molecule has 0 aliphatic carbocycles. The van der Waals surface area contributed by atoms with Gasteiger partial charge in [-0.05, 0) is 42.9 Å². The molecular weight excluding hydrogens is 326 g/mol. The summed E-state index contributed by atoms with van der Waals surface area (Å²) in [6.07, 6.45) is 3.30. The molecule has 1 aliphatic rings. The third-order valence-electron chi connectivity index (χ3n) is 4.02. The minimum absolute atomic E-state index is 0.266. The summed E-state index contributed by atoms with van der Waals surface area (Å²) in [5, 5.41) is 5.47. The Kier molecular flexibility index (Phi) is 6.25. The number of aryl methyl sites for hydroxylation is 2. The van der Waals surface area contributed by atoms with Gasteiger partial charge in [0.1, 0.15) is 12.6 Å². The third-order valence-corrected chi connectivity index (χ3v) is 4.67. The van der Waals surface area contributed by atoms with Crippen LogP contribution in [-0.2, 0) is 16.0 Å². The Morgan fingerprint density at radius 2 is 2.12 bits per heavy atom. The number of carbonyl (C=O) groups excluding carboxylic acids is 3. The van der Waals surface area contributed by atoms with Crippen molar-refractivity contribution in [1.82, 2.24) is 10.2 Å². The number of nitrogens with zero attached hydrogens (tertiary/aromatic N) is 1. The molecule has 0 radical (unpaired) electrons. The molecule has 1 fully saturated rings. The van der Waals surface area contributed by atoms with E-state index in [0.717, 1.165) is 33.9 Å². The smallest absolute Gasteiger partial charge is 0.325 e. The molecule has 130 valence electrons. The van der Waals surface area contributed by atoms with Gasteiger partial charge in [-0.1, -0.05) is 25.1 Å². The Morgan fingerprint density at radius 3 is 2.79 bits per heavy atom. The van der Waals surface area contributed by atoms with Gasteiger partial charge in [-0.25, -0.2) is 4.79 Å². The summed E-state index contributed by atoms with van der Waals surface area (Å²) in [6, 6.07) is 4.79. The molecule has 1 aromatic rings. The second kappa shape index (κ2) is 8.19. The fourth-order valence-corrected chi connectivity index (χ4v) is 3.15. The average molecular weight is 349 g/mol. The molecule has 4 amide bonds. The summed E-state index contributed by atoms with van der Waals surface area (Å²) in [4.78, 5) is 37.5. The molecule has 2 rings (SSSR count). The van der Waals surface area contributed by atoms with E-state index in [9.17, 15) is 14.4 Å². The molecule has 0 aromatic heterocycles. The van der Waals surface area contributed by atoms with E-state index in [4.69, 9.17) is 0 Å². The maximum atomic E-state index is 12.3. The van der Waals surface area contributed by atoms with Gasteiger partial charge in [0.25, 0.3) is 5.91 Å². The minimum atomic E-state index is -0.526. The standard InChI is InChI=1S/C17H23N3O3S/c1-4-12-7-5-6-11(2)15(12)19-14(21)10-20-16(22)13(8-9-24-3)18-17(20)23/h5-7,13H,4,8-10H2,1-3H3,(H,18,23)(H,19,21). The Labute approximate surface area is 146 Å². The molecule has 1 aromatic carbocycles. The number of imide groups is 1. The monoisotopic (exact) mass is 349 g/mol. The summed E-state index contributed by atoms with van der Waals surface area (Å²) in [5.74, 6) is 0.0810. The lowest BCUT2D eigenvalue weighted by Gasteiger charge is -2.16. The molecule has 1 atom stereocenters. The lowest BCUT2D eigenvalue weighted by atomic mass is 10.1. The number of thioether (sulfide) groups is 1. The van der Waals surface area contributed by atoms with E-state index in [1.54, 1.807) is 11.8 Å². The molecule has 1 unspecified atom stereocenters. The Bertz CT molecular complexity index is 648. The normalized spacial score (nSPS) is 17.1. The average Bonchev–Trinajstić information content (AvgIpc) is 2.82. The zero-order chi connectivity index (χ0) is 17.7. The largest absolute Gasteiger partial charge is 0.326 e. The van der Waals surface area contributed by atoms with Crippen molar-refractivity contribution in [2.24, 2.45) is 0 Å². The third kappa shape index (κ3) is 4.08. The summed E-state index contributed by atoms with van der Waals surface area (Å²) >= 11 is 1.61. The number of nitrogens with one attached hydrogen (secondary N) is 2. The van der Waals surface area contributed by atoms with E-state index in [1.807, 2.05) is 38.3 Å². The lowest BCUT2D eigenvalue weighted by Crippen LogP contribution is -2.38. The second-order valence-electron chi connectivity index (χ2n) is 5.72. The van der Waals surface area contributed by atoms with Crippen LogP contribution in [0.2, 0.25) is 0 Å². The van der Waals surface area contributed by atoms with Crippen molar-refractivity contribution < 1.29 is 14.4 Å². The predicted octanol–water partition coefficient (Wildman–Crippen LogP) is 2.17. The van der Waals surface area contributed by atoms with Gasteiger partial charge in [0.2, 0.25) is 5.91 Å². The van der Waals surface area contributed by atoms with Crippen molar-refractivity contribution >= 4 is 35.3 Å². The van der Waals surface area contributed by atoms with Crippen LogP contribution in [-0.4, -0.2) is 47.3 Å². The van der Waals surface area contributed by atoms with Gasteiger partial charge in [-0.15, -0.1) is 0 Å². The van der Waals surface area contributed by atoms with Crippen LogP contribution in [0.15, 0.2) is 18.2 Å². The molecule has 0 saturated carbocycles. The molecule has 2 N–H and O–H groups in total. The van der Waals surface area contributed by atoms with Crippen molar-refractivity contribution in [1.29, 1.82) is 0 Å². The minimum Gasteiger partial charge on any atom is -0.326 e. The van der Waals surface area contributed by atoms with E-state index in [2.05, 4.69) is 10.6 Å². The van der Waals surface area contributed by atoms with Crippen molar-refractivity contribution in [3.05, 3.63) is 29.3 Å². The van der Waals surface area contributed by atoms with Crippen LogP contribution >= 0.6 is 11.8 Å². The molecule has 1 aliphatic heterocycles. The van der Waals surface area contributed by atoms with Gasteiger partial charge < -0.3 is 10.6 Å². The molecule has 1 heterocycles. The second-order valence-corrected chi connectivity index (χ2v) is 6.70. The van der Waals surface area contributed by atoms with Crippen molar-refractivity contribution in [2.45, 2.75) is 32.7 Å². The number of urea groups is 1. The highest BCUT2D eigenvalue weighted by Gasteiger charge is 2.38. The summed E-state index contributed by atoms with van der Waals surface area (Å²) < 4.78 is 0. The van der Waals surface area contributed by atoms with E-state index in [1.165, 1.54) is 0 Å². The zero-order valence-corrected chi connectivity index (χ0v) is 15.0. The number of carbonyl (C=O) groups is 3. The lowest BCUT2D eigenvalue weighted by molar-refractivity contribution is -0.130. The van der Waals surface area contributed by atoms with Crippen molar-refractivity contribution in [3.63, 3.8) is 0 Å². The van der Waals surface area contributed by atoms with E-state index < -0.39 is 12.1 Å². The van der Waals surface area contributed by atoms with Gasteiger partial charge in [0.05, 0.1) is 0 Å². The quantitative estimate of drug-likeness (QED) is 0.740. The maximum absolute atomic E-state index is 12.3. The maximum Gasteiger partial charge on any atom is 0.325 e. The van der Waals surface area contributed by atoms with E-state index in [0.29, 0.717) is 6.42 Å². The van der Waals surface area contributed by atoms with Crippen LogP contribution in [0.4, 0.5) is 10.5 Å². The molecule has 0 bridgehead atoms. The predicted molar refractivity (Wildman–Crippen MR) is 96.2 cm³/mol. The highest BCUT2D eigenvalue weighted by molar-refractivity contribution is 7.98. The first-order valence-corrected chi connectivity index (χ1v) is 9.36. The van der Waals surface area contributed by atoms with Crippen molar-refractivity contribution in [2.75, 3.05) is 23.9 Å². The molecule has 6 nitrogen and oxygen atoms in total. The van der Waals surface area contributed by atoms with Gasteiger partial charge >= 0.3 is 6.03 Å². The molecule has 24 heavy (non-hydrogen) atoms. The van der Waals surface area contributed by atoms with Crippen LogP contribution in [0.5, 0.6) is 0 Å². The number of rotatable bonds is 7. The van der Waals surface area contributed by atoms with Crippen LogP contribution in [0, 0.1) is 6.92 Å². The number of para-hydroxylation sites is 1. The Hall–Kier alpha value is -2.02. The molecule has 1 saturated heterocycles. The van der Waals surface area contributed by atoms with Crippen LogP contribution < -0.4 is 10.6 Å². The van der Waals surface area contributed by atoms with Crippen LogP contribution in [0.1, 0.15) is 24.5 Å². The molecule has 0 spiro atoms. The fraction of sp³-hybridized carbons (Fsp3) is 0.471. The Morgan fingerprint density at radius 1 is 1.38 bits per heavy atom. The van der Waals surface area contributed by atoms with E-state index in [-0.39, 0.29) is 18.4 Å². The number of anilines is 1. The van der Waals surface area contributed by atoms with Gasteiger partial charge in [-0.2, -0.15) is 11.8 Å². The number of hydrogen-bond donors (Lipinski definition) is 2. The number of benzene rings is 1. The van der Waals surface area contributed by atoms with E-state index >= 15 is 0 Å². The molecule has 7 heteroatoms. The highest BCUT2D eigenvalue weighted by Crippen LogP contribution is 2.21. The highest BCUT2D eigenvalue weighted by atomic mass is 32.2. The first-order chi connectivity index (χ1) is 11.5. The SMILES string of the molecule is CCc1cccc(C)c1NC(=O)CN1C(=O)NC(CCSC)C1=O. The number of hydrogen-bond acceptors (Lipinski definition) is 4.